The fourth-order valence-corrected chi connectivity index (χ4v) is 3.91. The largest absolute Gasteiger partial charge is 0.483 e. The summed E-state index contributed by atoms with van der Waals surface area (Å²) in [5.74, 6) is -1.73. The molecule has 3 aromatic carbocycles. The number of hydrogen-bond donors (Lipinski definition) is 2. The van der Waals surface area contributed by atoms with Gasteiger partial charge in [-0.05, 0) is 73.9 Å². The Morgan fingerprint density at radius 2 is 1.70 bits per heavy atom. The van der Waals surface area contributed by atoms with E-state index in [1.165, 1.54) is 12.1 Å². The number of rotatable bonds is 6. The third-order valence-corrected chi connectivity index (χ3v) is 6.12. The number of ether oxygens (including phenoxy) is 1. The van der Waals surface area contributed by atoms with Crippen LogP contribution in [0.3, 0.4) is 0 Å². The third kappa shape index (κ3) is 5.70. The molecule has 8 nitrogen and oxygen atoms in total. The van der Waals surface area contributed by atoms with Gasteiger partial charge in [-0.2, -0.15) is 0 Å². The van der Waals surface area contributed by atoms with Gasteiger partial charge >= 0.3 is 6.03 Å². The molecule has 2 N–H and O–H groups in total. The number of carbonyl (C=O) groups excluding carboxylic acids is 4. The Morgan fingerprint density at radius 3 is 2.46 bits per heavy atom. The second-order valence-corrected chi connectivity index (χ2v) is 9.00. The average molecular weight is 518 g/mol. The maximum Gasteiger partial charge on any atom is 0.335 e. The van der Waals surface area contributed by atoms with Crippen LogP contribution in [0.2, 0.25) is 5.02 Å². The van der Waals surface area contributed by atoms with Gasteiger partial charge in [-0.1, -0.05) is 41.9 Å². The summed E-state index contributed by atoms with van der Waals surface area (Å²) in [6.45, 7) is 5.37. The lowest BCUT2D eigenvalue weighted by Crippen LogP contribution is -2.54. The second kappa shape index (κ2) is 10.7. The zero-order chi connectivity index (χ0) is 26.7. The number of nitrogens with one attached hydrogen (secondary N) is 2. The van der Waals surface area contributed by atoms with Gasteiger partial charge in [0.1, 0.15) is 11.3 Å². The lowest BCUT2D eigenvalue weighted by Gasteiger charge is -2.27. The molecule has 0 atom stereocenters. The van der Waals surface area contributed by atoms with Crippen molar-refractivity contribution < 1.29 is 23.9 Å². The van der Waals surface area contributed by atoms with Crippen molar-refractivity contribution in [2.24, 2.45) is 0 Å². The number of benzene rings is 3. The lowest BCUT2D eigenvalue weighted by atomic mass is 10.1. The molecule has 1 fully saturated rings. The van der Waals surface area contributed by atoms with Crippen LogP contribution < -0.4 is 20.3 Å². The topological polar surface area (TPSA) is 105 Å². The first-order valence-corrected chi connectivity index (χ1v) is 11.8. The van der Waals surface area contributed by atoms with Crippen molar-refractivity contribution in [3.05, 3.63) is 93.5 Å². The van der Waals surface area contributed by atoms with Crippen LogP contribution in [-0.4, -0.2) is 30.4 Å². The molecule has 0 aromatic heterocycles. The Bertz CT molecular complexity index is 1460. The second-order valence-electron chi connectivity index (χ2n) is 8.56. The van der Waals surface area contributed by atoms with Gasteiger partial charge in [-0.3, -0.25) is 19.7 Å². The normalized spacial score (nSPS) is 14.5. The van der Waals surface area contributed by atoms with Gasteiger partial charge in [-0.25, -0.2) is 9.69 Å². The first kappa shape index (κ1) is 25.7. The molecule has 37 heavy (non-hydrogen) atoms. The van der Waals surface area contributed by atoms with Gasteiger partial charge in [0.15, 0.2) is 6.61 Å². The maximum absolute atomic E-state index is 13.3. The monoisotopic (exact) mass is 517 g/mol. The van der Waals surface area contributed by atoms with Crippen LogP contribution in [0.1, 0.15) is 22.3 Å². The van der Waals surface area contributed by atoms with Crippen LogP contribution in [-0.2, 0) is 14.4 Å². The molecule has 0 aliphatic carbocycles. The van der Waals surface area contributed by atoms with Crippen molar-refractivity contribution >= 4 is 52.8 Å². The van der Waals surface area contributed by atoms with E-state index in [4.69, 9.17) is 16.3 Å². The molecule has 4 rings (SSSR count). The molecule has 1 aliphatic heterocycles. The van der Waals surface area contributed by atoms with Gasteiger partial charge in [0.25, 0.3) is 17.7 Å². The van der Waals surface area contributed by atoms with Crippen LogP contribution in [0.25, 0.3) is 6.08 Å². The molecule has 188 valence electrons. The van der Waals surface area contributed by atoms with E-state index in [1.807, 2.05) is 26.0 Å². The highest BCUT2D eigenvalue weighted by atomic mass is 35.5. The molecule has 0 unspecified atom stereocenters. The number of barbiturate groups is 1. The van der Waals surface area contributed by atoms with E-state index in [0.717, 1.165) is 16.0 Å². The zero-order valence-electron chi connectivity index (χ0n) is 20.4. The van der Waals surface area contributed by atoms with Gasteiger partial charge in [0, 0.05) is 16.3 Å². The summed E-state index contributed by atoms with van der Waals surface area (Å²) < 4.78 is 5.71. The molecule has 1 heterocycles. The minimum absolute atomic E-state index is 0.265. The molecule has 3 aromatic rings. The predicted molar refractivity (Wildman–Crippen MR) is 142 cm³/mol. The van der Waals surface area contributed by atoms with E-state index < -0.39 is 17.8 Å². The first-order chi connectivity index (χ1) is 17.6. The number of aryl methyl sites for hydroxylation is 3. The summed E-state index contributed by atoms with van der Waals surface area (Å²) in [4.78, 5) is 51.7. The first-order valence-electron chi connectivity index (χ1n) is 11.4. The lowest BCUT2D eigenvalue weighted by molar-refractivity contribution is -0.122. The zero-order valence-corrected chi connectivity index (χ0v) is 21.2. The molecular formula is C28H24ClN3O5. The molecule has 0 bridgehead atoms. The van der Waals surface area contributed by atoms with E-state index >= 15 is 0 Å². The van der Waals surface area contributed by atoms with Crippen molar-refractivity contribution in [1.29, 1.82) is 0 Å². The average Bonchev–Trinajstić information content (AvgIpc) is 2.85. The van der Waals surface area contributed by atoms with E-state index in [9.17, 15) is 19.2 Å². The smallest absolute Gasteiger partial charge is 0.335 e. The summed E-state index contributed by atoms with van der Waals surface area (Å²) >= 11 is 6.07. The highest BCUT2D eigenvalue weighted by Gasteiger charge is 2.37. The molecule has 0 radical (unpaired) electrons. The number of carbonyl (C=O) groups is 4. The molecule has 0 spiro atoms. The number of amides is 5. The summed E-state index contributed by atoms with van der Waals surface area (Å²) in [5.41, 5.74) is 3.82. The third-order valence-electron chi connectivity index (χ3n) is 5.88. The summed E-state index contributed by atoms with van der Waals surface area (Å²) in [5, 5.41) is 5.31. The number of halogens is 1. The van der Waals surface area contributed by atoms with Gasteiger partial charge < -0.3 is 10.1 Å². The van der Waals surface area contributed by atoms with E-state index in [1.54, 1.807) is 49.4 Å². The predicted octanol–water partition coefficient (Wildman–Crippen LogP) is 4.95. The highest BCUT2D eigenvalue weighted by Crippen LogP contribution is 2.29. The fraction of sp³-hybridized carbons (Fsp3) is 0.143. The Kier molecular flexibility index (Phi) is 7.40. The van der Waals surface area contributed by atoms with E-state index in [0.29, 0.717) is 21.8 Å². The van der Waals surface area contributed by atoms with Gasteiger partial charge in [-0.15, -0.1) is 0 Å². The number of hydrogen-bond acceptors (Lipinski definition) is 5. The number of para-hydroxylation sites is 1. The number of anilines is 2. The van der Waals surface area contributed by atoms with Crippen LogP contribution in [0.15, 0.2) is 66.2 Å². The van der Waals surface area contributed by atoms with Crippen LogP contribution in [0, 0.1) is 20.8 Å². The van der Waals surface area contributed by atoms with Crippen LogP contribution in [0.5, 0.6) is 5.75 Å². The van der Waals surface area contributed by atoms with Crippen molar-refractivity contribution in [3.63, 3.8) is 0 Å². The van der Waals surface area contributed by atoms with Crippen LogP contribution >= 0.6 is 11.6 Å². The number of nitrogens with zero attached hydrogens (tertiary/aromatic N) is 1. The molecule has 5 amide bonds. The summed E-state index contributed by atoms with van der Waals surface area (Å²) in [6, 6.07) is 16.2. The van der Waals surface area contributed by atoms with E-state index in [2.05, 4.69) is 10.6 Å². The fourth-order valence-electron chi connectivity index (χ4n) is 3.75. The quantitative estimate of drug-likeness (QED) is 0.355. The molecular weight excluding hydrogens is 494 g/mol. The van der Waals surface area contributed by atoms with E-state index in [-0.39, 0.29) is 29.5 Å². The standard InChI is InChI=1S/C28H24ClN3O5/c1-16-9-11-21(12-18(16)3)30-25(33)15-37-24-7-5-4-6-19(24)13-22-26(34)31-28(36)32(27(22)35)23-14-20(29)10-8-17(23)2/h4-14H,15H2,1-3H3,(H,30,33)(H,31,34,36)/b22-13+. The van der Waals surface area contributed by atoms with Gasteiger partial charge in [0.2, 0.25) is 0 Å². The Hall–Kier alpha value is -4.43. The minimum atomic E-state index is -0.870. The van der Waals surface area contributed by atoms with Gasteiger partial charge in [0.05, 0.1) is 5.69 Å². The molecule has 1 aliphatic rings. The Balaban J connectivity index is 1.56. The summed E-state index contributed by atoms with van der Waals surface area (Å²) in [7, 11) is 0. The molecule has 9 heteroatoms. The minimum Gasteiger partial charge on any atom is -0.483 e. The Morgan fingerprint density at radius 1 is 0.973 bits per heavy atom. The highest BCUT2D eigenvalue weighted by molar-refractivity contribution is 6.39. The number of imide groups is 2. The van der Waals surface area contributed by atoms with Crippen molar-refractivity contribution in [3.8, 4) is 5.75 Å². The summed E-state index contributed by atoms with van der Waals surface area (Å²) in [6.07, 6.45) is 1.33. The van der Waals surface area contributed by atoms with Crippen molar-refractivity contribution in [2.75, 3.05) is 16.8 Å². The van der Waals surface area contributed by atoms with Crippen LogP contribution in [0.4, 0.5) is 16.2 Å². The Labute approximate surface area is 218 Å². The molecule has 0 saturated carbocycles. The van der Waals surface area contributed by atoms with Crippen molar-refractivity contribution in [1.82, 2.24) is 5.32 Å². The molecule has 1 saturated heterocycles. The maximum atomic E-state index is 13.3. The van der Waals surface area contributed by atoms with Crippen molar-refractivity contribution in [2.45, 2.75) is 20.8 Å². The SMILES string of the molecule is Cc1ccc(NC(=O)COc2ccccc2/C=C2\C(=O)NC(=O)N(c3cc(Cl)ccc3C)C2=O)cc1C. The number of urea groups is 1.